The van der Waals surface area contributed by atoms with Crippen molar-refractivity contribution in [2.75, 3.05) is 5.32 Å². The first kappa shape index (κ1) is 11.7. The largest absolute Gasteiger partial charge is 0.366 e. The Balaban J connectivity index is 1.82. The minimum Gasteiger partial charge on any atom is -0.366 e. The van der Waals surface area contributed by atoms with Crippen LogP contribution in [0, 0.1) is 6.92 Å². The lowest BCUT2D eigenvalue weighted by atomic mass is 10.3. The normalized spacial score (nSPS) is 12.7. The lowest BCUT2D eigenvalue weighted by Crippen LogP contribution is -2.23. The van der Waals surface area contributed by atoms with Gasteiger partial charge in [0.05, 0.1) is 12.7 Å². The number of aromatic nitrogens is 5. The molecule has 98 valence electrons. The van der Waals surface area contributed by atoms with Gasteiger partial charge >= 0.3 is 0 Å². The average Bonchev–Trinajstić information content (AvgIpc) is 2.99. The smallest absolute Gasteiger partial charge is 0.157 e. The van der Waals surface area contributed by atoms with Crippen molar-refractivity contribution in [3.05, 3.63) is 42.5 Å². The van der Waals surface area contributed by atoms with E-state index < -0.39 is 0 Å². The third-order valence-corrected chi connectivity index (χ3v) is 2.90. The van der Waals surface area contributed by atoms with Crippen LogP contribution in [0.2, 0.25) is 0 Å². The molecule has 0 aliphatic heterocycles. The van der Waals surface area contributed by atoms with Gasteiger partial charge in [0, 0.05) is 36.3 Å². The van der Waals surface area contributed by atoms with Crippen LogP contribution in [0.3, 0.4) is 0 Å². The van der Waals surface area contributed by atoms with Crippen LogP contribution in [-0.2, 0) is 6.54 Å². The number of hydrogen-bond acceptors (Lipinski definition) is 4. The monoisotopic (exact) mass is 256 g/mol. The SMILES string of the molecule is Cc1cc(NC(C)Cn2cccn2)n2nccc2n1. The van der Waals surface area contributed by atoms with Crippen LogP contribution in [-0.4, -0.2) is 30.4 Å². The van der Waals surface area contributed by atoms with Gasteiger partial charge in [-0.2, -0.15) is 14.7 Å². The summed E-state index contributed by atoms with van der Waals surface area (Å²) >= 11 is 0. The fraction of sp³-hybridized carbons (Fsp3) is 0.308. The Hall–Kier alpha value is -2.37. The average molecular weight is 256 g/mol. The molecule has 19 heavy (non-hydrogen) atoms. The Morgan fingerprint density at radius 2 is 2.21 bits per heavy atom. The molecule has 6 nitrogen and oxygen atoms in total. The Morgan fingerprint density at radius 1 is 1.32 bits per heavy atom. The third kappa shape index (κ3) is 2.42. The van der Waals surface area contributed by atoms with Crippen LogP contribution < -0.4 is 5.32 Å². The summed E-state index contributed by atoms with van der Waals surface area (Å²) in [5.41, 5.74) is 1.83. The van der Waals surface area contributed by atoms with Crippen molar-refractivity contribution < 1.29 is 0 Å². The molecule has 0 spiro atoms. The molecule has 3 aromatic rings. The van der Waals surface area contributed by atoms with Gasteiger partial charge in [0.2, 0.25) is 0 Å². The van der Waals surface area contributed by atoms with Crippen molar-refractivity contribution in [2.24, 2.45) is 0 Å². The fourth-order valence-corrected chi connectivity index (χ4v) is 2.13. The van der Waals surface area contributed by atoms with Gasteiger partial charge in [-0.25, -0.2) is 4.98 Å². The first-order valence-electron chi connectivity index (χ1n) is 6.28. The predicted molar refractivity (Wildman–Crippen MR) is 73.0 cm³/mol. The zero-order valence-electron chi connectivity index (χ0n) is 11.0. The molecule has 1 atom stereocenters. The molecule has 0 amide bonds. The van der Waals surface area contributed by atoms with E-state index in [1.54, 1.807) is 12.4 Å². The first-order chi connectivity index (χ1) is 9.22. The molecule has 0 saturated carbocycles. The quantitative estimate of drug-likeness (QED) is 0.772. The number of anilines is 1. The predicted octanol–water partition coefficient (Wildman–Crippen LogP) is 1.73. The molecule has 0 aliphatic rings. The first-order valence-corrected chi connectivity index (χ1v) is 6.28. The maximum Gasteiger partial charge on any atom is 0.157 e. The van der Waals surface area contributed by atoms with Crippen LogP contribution in [0.25, 0.3) is 5.65 Å². The van der Waals surface area contributed by atoms with Crippen molar-refractivity contribution in [1.29, 1.82) is 0 Å². The summed E-state index contributed by atoms with van der Waals surface area (Å²) < 4.78 is 3.72. The minimum absolute atomic E-state index is 0.245. The summed E-state index contributed by atoms with van der Waals surface area (Å²) in [4.78, 5) is 4.42. The number of hydrogen-bond donors (Lipinski definition) is 1. The summed E-state index contributed by atoms with van der Waals surface area (Å²) in [6.45, 7) is 4.90. The van der Waals surface area contributed by atoms with Crippen molar-refractivity contribution >= 4 is 11.5 Å². The number of rotatable bonds is 4. The molecule has 0 fully saturated rings. The number of nitrogens with one attached hydrogen (secondary N) is 1. The second-order valence-electron chi connectivity index (χ2n) is 4.66. The van der Waals surface area contributed by atoms with Crippen molar-refractivity contribution in [1.82, 2.24) is 24.4 Å². The van der Waals surface area contributed by atoms with E-state index in [4.69, 9.17) is 0 Å². The lowest BCUT2D eigenvalue weighted by Gasteiger charge is -2.16. The van der Waals surface area contributed by atoms with E-state index in [9.17, 15) is 0 Å². The third-order valence-electron chi connectivity index (χ3n) is 2.90. The molecule has 0 bridgehead atoms. The maximum atomic E-state index is 4.42. The summed E-state index contributed by atoms with van der Waals surface area (Å²) in [7, 11) is 0. The van der Waals surface area contributed by atoms with Crippen molar-refractivity contribution in [3.8, 4) is 0 Å². The van der Waals surface area contributed by atoms with E-state index in [-0.39, 0.29) is 6.04 Å². The molecule has 3 rings (SSSR count). The van der Waals surface area contributed by atoms with E-state index in [0.29, 0.717) is 0 Å². The summed E-state index contributed by atoms with van der Waals surface area (Å²) in [5, 5.41) is 11.9. The van der Waals surface area contributed by atoms with E-state index in [1.807, 2.05) is 40.5 Å². The Labute approximate surface area is 111 Å². The molecule has 0 aromatic carbocycles. The van der Waals surface area contributed by atoms with Gasteiger partial charge in [-0.3, -0.25) is 4.68 Å². The Kier molecular flexibility index (Phi) is 2.91. The number of aryl methyl sites for hydroxylation is 1. The summed E-state index contributed by atoms with van der Waals surface area (Å²) in [6, 6.07) is 6.07. The van der Waals surface area contributed by atoms with Crippen LogP contribution >= 0.6 is 0 Å². The molecule has 1 unspecified atom stereocenters. The van der Waals surface area contributed by atoms with E-state index in [1.165, 1.54) is 0 Å². The maximum absolute atomic E-state index is 4.42. The van der Waals surface area contributed by atoms with Gasteiger partial charge in [-0.15, -0.1) is 0 Å². The molecule has 0 aliphatic carbocycles. The van der Waals surface area contributed by atoms with Crippen LogP contribution in [0.5, 0.6) is 0 Å². The van der Waals surface area contributed by atoms with Gasteiger partial charge in [-0.05, 0) is 19.9 Å². The van der Waals surface area contributed by atoms with E-state index in [2.05, 4.69) is 27.4 Å². The lowest BCUT2D eigenvalue weighted by molar-refractivity contribution is 0.558. The van der Waals surface area contributed by atoms with Gasteiger partial charge in [-0.1, -0.05) is 0 Å². The van der Waals surface area contributed by atoms with Crippen molar-refractivity contribution in [2.45, 2.75) is 26.4 Å². The molecule has 1 N–H and O–H groups in total. The highest BCUT2D eigenvalue weighted by molar-refractivity contribution is 5.49. The van der Waals surface area contributed by atoms with Crippen molar-refractivity contribution in [3.63, 3.8) is 0 Å². The highest BCUT2D eigenvalue weighted by Crippen LogP contribution is 2.13. The van der Waals surface area contributed by atoms with E-state index >= 15 is 0 Å². The molecular formula is C13H16N6. The highest BCUT2D eigenvalue weighted by atomic mass is 15.3. The minimum atomic E-state index is 0.245. The molecule has 0 radical (unpaired) electrons. The van der Waals surface area contributed by atoms with Gasteiger partial charge in [0.15, 0.2) is 5.65 Å². The van der Waals surface area contributed by atoms with Gasteiger partial charge < -0.3 is 5.32 Å². The summed E-state index contributed by atoms with van der Waals surface area (Å²) in [6.07, 6.45) is 5.50. The summed E-state index contributed by atoms with van der Waals surface area (Å²) in [5.74, 6) is 0.951. The van der Waals surface area contributed by atoms with Gasteiger partial charge in [0.25, 0.3) is 0 Å². The second-order valence-corrected chi connectivity index (χ2v) is 4.66. The van der Waals surface area contributed by atoms with Crippen LogP contribution in [0.4, 0.5) is 5.82 Å². The van der Waals surface area contributed by atoms with Crippen LogP contribution in [0.15, 0.2) is 36.8 Å². The molecular weight excluding hydrogens is 240 g/mol. The zero-order chi connectivity index (χ0) is 13.2. The molecule has 6 heteroatoms. The van der Waals surface area contributed by atoms with E-state index in [0.717, 1.165) is 23.7 Å². The van der Waals surface area contributed by atoms with Gasteiger partial charge in [0.1, 0.15) is 5.82 Å². The molecule has 3 heterocycles. The Morgan fingerprint density at radius 3 is 3.00 bits per heavy atom. The fourth-order valence-electron chi connectivity index (χ4n) is 2.13. The van der Waals surface area contributed by atoms with Crippen LogP contribution in [0.1, 0.15) is 12.6 Å². The Bertz CT molecular complexity index is 670. The number of nitrogens with zero attached hydrogens (tertiary/aromatic N) is 5. The highest BCUT2D eigenvalue weighted by Gasteiger charge is 2.08. The zero-order valence-corrected chi connectivity index (χ0v) is 11.0. The standard InChI is InChI=1S/C13H16N6/c1-10-8-13(19-12(16-10)4-6-15-19)17-11(2)9-18-7-3-5-14-18/h3-8,11,17H,9H2,1-2H3. The second kappa shape index (κ2) is 4.72. The number of fused-ring (bicyclic) bond motifs is 1. The topological polar surface area (TPSA) is 60.0 Å². The molecule has 3 aromatic heterocycles. The molecule has 0 saturated heterocycles.